The Morgan fingerprint density at radius 1 is 0.969 bits per heavy atom. The number of rotatable bonds is 6. The second-order valence-corrected chi connectivity index (χ2v) is 10.1. The van der Waals surface area contributed by atoms with E-state index in [4.69, 9.17) is 4.74 Å². The van der Waals surface area contributed by atoms with Crippen LogP contribution in [0, 0.1) is 11.8 Å². The summed E-state index contributed by atoms with van der Waals surface area (Å²) in [5, 5.41) is 0. The van der Waals surface area contributed by atoms with Gasteiger partial charge in [0, 0.05) is 26.2 Å². The lowest BCUT2D eigenvalue weighted by Crippen LogP contribution is -2.52. The smallest absolute Gasteiger partial charge is 0.338 e. The Morgan fingerprint density at radius 3 is 2.06 bits per heavy atom. The molecule has 0 aromatic heterocycles. The Kier molecular flexibility index (Phi) is 6.45. The SMILES string of the molecule is CCOC(=O)c1ccc(S(=O)(=O)N2CCN(CN3C(=O)[C@H]4CC=CC[C@H]4C3=O)CC2)cc1. The van der Waals surface area contributed by atoms with Crippen LogP contribution in [0.1, 0.15) is 30.1 Å². The van der Waals surface area contributed by atoms with Gasteiger partial charge in [-0.05, 0) is 44.0 Å². The van der Waals surface area contributed by atoms with Crippen LogP contribution in [0.2, 0.25) is 0 Å². The van der Waals surface area contributed by atoms with E-state index in [0.717, 1.165) is 0 Å². The molecule has 32 heavy (non-hydrogen) atoms. The summed E-state index contributed by atoms with van der Waals surface area (Å²) in [6.07, 6.45) is 5.12. The molecule has 3 aliphatic rings. The molecule has 2 heterocycles. The van der Waals surface area contributed by atoms with Gasteiger partial charge < -0.3 is 4.74 Å². The monoisotopic (exact) mass is 461 g/mol. The van der Waals surface area contributed by atoms with Crippen LogP contribution in [-0.2, 0) is 24.3 Å². The summed E-state index contributed by atoms with van der Waals surface area (Å²) in [6, 6.07) is 5.71. The van der Waals surface area contributed by atoms with Gasteiger partial charge in [0.15, 0.2) is 0 Å². The molecule has 1 aromatic carbocycles. The van der Waals surface area contributed by atoms with Gasteiger partial charge in [0.25, 0.3) is 0 Å². The van der Waals surface area contributed by atoms with Gasteiger partial charge in [-0.3, -0.25) is 19.4 Å². The van der Waals surface area contributed by atoms with Gasteiger partial charge in [0.1, 0.15) is 0 Å². The summed E-state index contributed by atoms with van der Waals surface area (Å²) >= 11 is 0. The molecule has 0 spiro atoms. The number of hydrogen-bond acceptors (Lipinski definition) is 7. The van der Waals surface area contributed by atoms with Gasteiger partial charge in [-0.15, -0.1) is 0 Å². The molecule has 0 unspecified atom stereocenters. The van der Waals surface area contributed by atoms with Crippen LogP contribution in [0.5, 0.6) is 0 Å². The fraction of sp³-hybridized carbons (Fsp3) is 0.500. The molecular weight excluding hydrogens is 434 g/mol. The molecule has 0 radical (unpaired) electrons. The largest absolute Gasteiger partial charge is 0.462 e. The van der Waals surface area contributed by atoms with E-state index in [-0.39, 0.29) is 54.9 Å². The quantitative estimate of drug-likeness (QED) is 0.355. The molecule has 1 aromatic rings. The number of imide groups is 1. The van der Waals surface area contributed by atoms with E-state index < -0.39 is 16.0 Å². The number of allylic oxidation sites excluding steroid dienone is 2. The number of fused-ring (bicyclic) bond motifs is 1. The molecule has 2 atom stereocenters. The molecule has 1 aliphatic carbocycles. The maximum absolute atomic E-state index is 13.0. The van der Waals surface area contributed by atoms with Crippen LogP contribution in [-0.4, -0.2) is 79.8 Å². The van der Waals surface area contributed by atoms with E-state index in [1.165, 1.54) is 33.5 Å². The zero-order valence-corrected chi connectivity index (χ0v) is 18.8. The third-order valence-electron chi connectivity index (χ3n) is 6.27. The Labute approximate surface area is 187 Å². The average Bonchev–Trinajstić information content (AvgIpc) is 3.05. The minimum Gasteiger partial charge on any atom is -0.462 e. The number of esters is 1. The number of benzene rings is 1. The fourth-order valence-corrected chi connectivity index (χ4v) is 5.87. The average molecular weight is 462 g/mol. The molecule has 0 N–H and O–H groups in total. The van der Waals surface area contributed by atoms with E-state index in [0.29, 0.717) is 31.5 Å². The molecule has 9 nitrogen and oxygen atoms in total. The number of nitrogens with zero attached hydrogens (tertiary/aromatic N) is 3. The summed E-state index contributed by atoms with van der Waals surface area (Å²) in [4.78, 5) is 40.5. The van der Waals surface area contributed by atoms with Crippen molar-refractivity contribution in [1.29, 1.82) is 0 Å². The van der Waals surface area contributed by atoms with E-state index in [9.17, 15) is 22.8 Å². The Bertz CT molecular complexity index is 1000. The molecule has 2 amide bonds. The highest BCUT2D eigenvalue weighted by atomic mass is 32.2. The van der Waals surface area contributed by atoms with Crippen molar-refractivity contribution in [3.8, 4) is 0 Å². The first-order chi connectivity index (χ1) is 15.3. The van der Waals surface area contributed by atoms with E-state index in [2.05, 4.69) is 0 Å². The van der Waals surface area contributed by atoms with Crippen molar-refractivity contribution in [2.75, 3.05) is 39.5 Å². The first-order valence-electron chi connectivity index (χ1n) is 10.8. The van der Waals surface area contributed by atoms with Crippen LogP contribution in [0.25, 0.3) is 0 Å². The number of sulfonamides is 1. The predicted octanol–water partition coefficient (Wildman–Crippen LogP) is 1.08. The molecule has 2 aliphatic heterocycles. The highest BCUT2D eigenvalue weighted by molar-refractivity contribution is 7.89. The molecule has 2 fully saturated rings. The standard InChI is InChI=1S/C22H27N3O6S/c1-2-31-22(28)16-7-9-17(10-8-16)32(29,30)24-13-11-23(12-14-24)15-25-20(26)18-5-3-4-6-19(18)21(25)27/h3-4,7-10,18-19H,2,5-6,11-15H2,1H3/t18-,19+. The van der Waals surface area contributed by atoms with Gasteiger partial charge in [0.2, 0.25) is 21.8 Å². The number of carbonyl (C=O) groups excluding carboxylic acids is 3. The first kappa shape index (κ1) is 22.6. The van der Waals surface area contributed by atoms with Gasteiger partial charge in [-0.25, -0.2) is 13.2 Å². The minimum absolute atomic E-state index is 0.112. The third kappa shape index (κ3) is 4.22. The van der Waals surface area contributed by atoms with Crippen molar-refractivity contribution >= 4 is 27.8 Å². The predicted molar refractivity (Wildman–Crippen MR) is 115 cm³/mol. The van der Waals surface area contributed by atoms with Gasteiger partial charge in [0.05, 0.1) is 35.6 Å². The van der Waals surface area contributed by atoms with Crippen molar-refractivity contribution in [2.24, 2.45) is 11.8 Å². The minimum atomic E-state index is -3.71. The summed E-state index contributed by atoms with van der Waals surface area (Å²) in [7, 11) is -3.71. The van der Waals surface area contributed by atoms with Crippen molar-refractivity contribution in [3.63, 3.8) is 0 Å². The molecule has 0 saturated carbocycles. The number of carbonyl (C=O) groups is 3. The number of hydrogen-bond donors (Lipinski definition) is 0. The molecule has 4 rings (SSSR count). The Balaban J connectivity index is 1.35. The number of likely N-dealkylation sites (tertiary alicyclic amines) is 1. The zero-order valence-electron chi connectivity index (χ0n) is 18.0. The first-order valence-corrected chi connectivity index (χ1v) is 12.3. The van der Waals surface area contributed by atoms with Crippen LogP contribution in [0.3, 0.4) is 0 Å². The molecule has 10 heteroatoms. The summed E-state index contributed by atoms with van der Waals surface area (Å²) in [6.45, 7) is 3.51. The van der Waals surface area contributed by atoms with E-state index in [1.54, 1.807) is 6.92 Å². The van der Waals surface area contributed by atoms with Gasteiger partial charge in [-0.2, -0.15) is 4.31 Å². The van der Waals surface area contributed by atoms with Crippen molar-refractivity contribution in [2.45, 2.75) is 24.7 Å². The molecule has 2 saturated heterocycles. The highest BCUT2D eigenvalue weighted by Gasteiger charge is 2.47. The normalized spacial score (nSPS) is 24.6. The molecule has 172 valence electrons. The van der Waals surface area contributed by atoms with Crippen molar-refractivity contribution in [1.82, 2.24) is 14.1 Å². The fourth-order valence-electron chi connectivity index (χ4n) is 4.45. The number of amides is 2. The number of piperazine rings is 1. The highest BCUT2D eigenvalue weighted by Crippen LogP contribution is 2.35. The zero-order chi connectivity index (χ0) is 22.9. The van der Waals surface area contributed by atoms with Crippen LogP contribution in [0.15, 0.2) is 41.3 Å². The lowest BCUT2D eigenvalue weighted by molar-refractivity contribution is -0.142. The summed E-state index contributed by atoms with van der Waals surface area (Å²) in [5.74, 6) is -1.26. The van der Waals surface area contributed by atoms with E-state index in [1.807, 2.05) is 17.1 Å². The second kappa shape index (κ2) is 9.13. The third-order valence-corrected chi connectivity index (χ3v) is 8.19. The topological polar surface area (TPSA) is 104 Å². The Hall–Kier alpha value is -2.56. The van der Waals surface area contributed by atoms with Gasteiger partial charge in [-0.1, -0.05) is 12.2 Å². The molecular formula is C22H27N3O6S. The van der Waals surface area contributed by atoms with Crippen LogP contribution >= 0.6 is 0 Å². The lowest BCUT2D eigenvalue weighted by Gasteiger charge is -2.35. The maximum atomic E-state index is 13.0. The Morgan fingerprint density at radius 2 is 1.53 bits per heavy atom. The van der Waals surface area contributed by atoms with Crippen molar-refractivity contribution in [3.05, 3.63) is 42.0 Å². The van der Waals surface area contributed by atoms with Crippen LogP contribution in [0.4, 0.5) is 0 Å². The van der Waals surface area contributed by atoms with Crippen LogP contribution < -0.4 is 0 Å². The van der Waals surface area contributed by atoms with Gasteiger partial charge >= 0.3 is 5.97 Å². The summed E-state index contributed by atoms with van der Waals surface area (Å²) in [5.41, 5.74) is 0.298. The maximum Gasteiger partial charge on any atom is 0.338 e. The lowest BCUT2D eigenvalue weighted by atomic mass is 9.85. The summed E-state index contributed by atoms with van der Waals surface area (Å²) < 4.78 is 32.3. The van der Waals surface area contributed by atoms with E-state index >= 15 is 0 Å². The van der Waals surface area contributed by atoms with Crippen molar-refractivity contribution < 1.29 is 27.5 Å². The molecule has 0 bridgehead atoms. The number of ether oxygens (including phenoxy) is 1. The second-order valence-electron chi connectivity index (χ2n) is 8.17.